The summed E-state index contributed by atoms with van der Waals surface area (Å²) in [6, 6.07) is 1.30. The summed E-state index contributed by atoms with van der Waals surface area (Å²) in [6.45, 7) is 1.49. The van der Waals surface area contributed by atoms with Crippen molar-refractivity contribution in [3.05, 3.63) is 11.6 Å². The third-order valence-corrected chi connectivity index (χ3v) is 6.12. The van der Waals surface area contributed by atoms with E-state index in [9.17, 15) is 0 Å². The molecule has 2 atom stereocenters. The summed E-state index contributed by atoms with van der Waals surface area (Å²) in [7, 11) is 1.70. The highest BCUT2D eigenvalue weighted by molar-refractivity contribution is 5.02. The molecule has 1 spiro atoms. The molecule has 1 aromatic rings. The lowest BCUT2D eigenvalue weighted by Crippen LogP contribution is -2.48. The summed E-state index contributed by atoms with van der Waals surface area (Å²) in [5.41, 5.74) is 0.629. The largest absolute Gasteiger partial charge is 0.377 e. The van der Waals surface area contributed by atoms with E-state index in [2.05, 4.69) is 20.1 Å². The van der Waals surface area contributed by atoms with Crippen molar-refractivity contribution in [2.75, 3.05) is 7.11 Å². The number of methoxy groups -OCH3 is 1. The lowest BCUT2D eigenvalue weighted by Gasteiger charge is -2.36. The number of nitrogens with zero attached hydrogens (tertiary/aromatic N) is 3. The highest BCUT2D eigenvalue weighted by Crippen LogP contribution is 2.50. The molecule has 122 valence electrons. The predicted octanol–water partition coefficient (Wildman–Crippen LogP) is 2.44. The Morgan fingerprint density at radius 2 is 2.05 bits per heavy atom. The van der Waals surface area contributed by atoms with Crippen LogP contribution in [0.2, 0.25) is 0 Å². The van der Waals surface area contributed by atoms with Crippen LogP contribution in [-0.2, 0) is 24.3 Å². The number of aromatic nitrogens is 3. The second kappa shape index (κ2) is 5.93. The zero-order valence-electron chi connectivity index (χ0n) is 13.7. The van der Waals surface area contributed by atoms with Crippen LogP contribution in [0.3, 0.4) is 0 Å². The smallest absolute Gasteiger partial charge is 0.176 e. The van der Waals surface area contributed by atoms with Gasteiger partial charge in [-0.05, 0) is 37.5 Å². The van der Waals surface area contributed by atoms with Crippen LogP contribution in [0.4, 0.5) is 0 Å². The number of nitrogens with one attached hydrogen (secondary N) is 1. The molecule has 4 rings (SSSR count). The molecule has 1 aliphatic heterocycles. The van der Waals surface area contributed by atoms with Crippen LogP contribution in [0.25, 0.3) is 0 Å². The molecule has 0 aromatic carbocycles. The van der Waals surface area contributed by atoms with Crippen LogP contribution in [-0.4, -0.2) is 34.0 Å². The molecule has 1 N–H and O–H groups in total. The van der Waals surface area contributed by atoms with Gasteiger partial charge < -0.3 is 10.1 Å². The lowest BCUT2D eigenvalue weighted by atomic mass is 9.80. The van der Waals surface area contributed by atoms with E-state index in [4.69, 9.17) is 4.74 Å². The summed E-state index contributed by atoms with van der Waals surface area (Å²) in [6.07, 6.45) is 12.2. The molecule has 0 amide bonds. The van der Waals surface area contributed by atoms with E-state index >= 15 is 0 Å². The molecule has 0 bridgehead atoms. The normalized spacial score (nSPS) is 30.0. The van der Waals surface area contributed by atoms with Gasteiger partial charge in [0, 0.05) is 25.6 Å². The first-order valence-electron chi connectivity index (χ1n) is 8.97. The highest BCUT2D eigenvalue weighted by atomic mass is 16.5. The topological polar surface area (TPSA) is 52.0 Å². The van der Waals surface area contributed by atoms with Crippen molar-refractivity contribution in [2.24, 2.45) is 5.41 Å². The van der Waals surface area contributed by atoms with E-state index in [0.29, 0.717) is 18.1 Å². The molecule has 0 radical (unpaired) electrons. The van der Waals surface area contributed by atoms with Crippen LogP contribution >= 0.6 is 0 Å². The van der Waals surface area contributed by atoms with Crippen molar-refractivity contribution in [1.82, 2.24) is 20.1 Å². The first-order valence-corrected chi connectivity index (χ1v) is 8.97. The highest BCUT2D eigenvalue weighted by Gasteiger charge is 2.45. The minimum atomic E-state index is 0.518. The number of fused-ring (bicyclic) bond motifs is 1. The minimum absolute atomic E-state index is 0.518. The maximum Gasteiger partial charge on any atom is 0.176 e. The van der Waals surface area contributed by atoms with Gasteiger partial charge in [-0.15, -0.1) is 0 Å². The van der Waals surface area contributed by atoms with Gasteiger partial charge >= 0.3 is 0 Å². The van der Waals surface area contributed by atoms with Gasteiger partial charge in [0.25, 0.3) is 0 Å². The molecule has 0 saturated heterocycles. The van der Waals surface area contributed by atoms with E-state index in [-0.39, 0.29) is 0 Å². The van der Waals surface area contributed by atoms with Crippen LogP contribution in [0.1, 0.15) is 63.0 Å². The average molecular weight is 304 g/mol. The SMILES string of the molecule is COCc1nc2n(n1)C[C@@H](N[C@@H]1CCCC13CCCC3)CC2. The third kappa shape index (κ3) is 2.58. The molecule has 2 aliphatic carbocycles. The van der Waals surface area contributed by atoms with E-state index in [1.54, 1.807) is 7.11 Å². The lowest BCUT2D eigenvalue weighted by molar-refractivity contribution is 0.177. The summed E-state index contributed by atoms with van der Waals surface area (Å²) in [4.78, 5) is 4.58. The quantitative estimate of drug-likeness (QED) is 0.928. The summed E-state index contributed by atoms with van der Waals surface area (Å²) >= 11 is 0. The first-order chi connectivity index (χ1) is 10.8. The Morgan fingerprint density at radius 1 is 1.23 bits per heavy atom. The van der Waals surface area contributed by atoms with E-state index < -0.39 is 0 Å². The Bertz CT molecular complexity index is 515. The first kappa shape index (κ1) is 14.6. The molecule has 5 nitrogen and oxygen atoms in total. The monoisotopic (exact) mass is 304 g/mol. The van der Waals surface area contributed by atoms with Crippen molar-refractivity contribution in [1.29, 1.82) is 0 Å². The number of hydrogen-bond acceptors (Lipinski definition) is 4. The third-order valence-electron chi connectivity index (χ3n) is 6.12. The number of rotatable bonds is 4. The maximum atomic E-state index is 5.15. The fourth-order valence-electron chi connectivity index (χ4n) is 5.05. The van der Waals surface area contributed by atoms with Crippen LogP contribution in [0, 0.1) is 5.41 Å². The molecule has 1 aromatic heterocycles. The molecule has 2 saturated carbocycles. The van der Waals surface area contributed by atoms with E-state index in [1.165, 1.54) is 51.4 Å². The van der Waals surface area contributed by atoms with Crippen LogP contribution in [0.5, 0.6) is 0 Å². The molecule has 5 heteroatoms. The van der Waals surface area contributed by atoms with Gasteiger partial charge in [0.15, 0.2) is 5.82 Å². The molecule has 3 aliphatic rings. The van der Waals surface area contributed by atoms with Crippen LogP contribution < -0.4 is 5.32 Å². The maximum absolute atomic E-state index is 5.15. The minimum Gasteiger partial charge on any atom is -0.377 e. The molecule has 0 unspecified atom stereocenters. The van der Waals surface area contributed by atoms with Crippen molar-refractivity contribution in [3.8, 4) is 0 Å². The standard InChI is InChI=1S/C17H28N4O/c1-22-12-15-19-16-7-6-13(11-21(16)20-15)18-14-5-4-10-17(14)8-2-3-9-17/h13-14,18H,2-12H2,1H3/t13-,14+/m0/s1. The van der Waals surface area contributed by atoms with Crippen molar-refractivity contribution < 1.29 is 4.74 Å². The predicted molar refractivity (Wildman–Crippen MR) is 84.5 cm³/mol. The number of hydrogen-bond donors (Lipinski definition) is 1. The molecule has 2 heterocycles. The van der Waals surface area contributed by atoms with Gasteiger partial charge in [0.05, 0.1) is 6.54 Å². The van der Waals surface area contributed by atoms with Gasteiger partial charge in [0.2, 0.25) is 0 Å². The van der Waals surface area contributed by atoms with Gasteiger partial charge in [-0.3, -0.25) is 0 Å². The van der Waals surface area contributed by atoms with E-state index in [0.717, 1.165) is 30.7 Å². The second-order valence-corrected chi connectivity index (χ2v) is 7.48. The molecule has 2 fully saturated rings. The Kier molecular flexibility index (Phi) is 3.95. The summed E-state index contributed by atoms with van der Waals surface area (Å²) in [5, 5.41) is 8.61. The van der Waals surface area contributed by atoms with Gasteiger partial charge in [-0.1, -0.05) is 19.3 Å². The Labute approximate surface area is 132 Å². The average Bonchev–Trinajstić information content (AvgIpc) is 3.22. The van der Waals surface area contributed by atoms with Gasteiger partial charge in [-0.25, -0.2) is 9.67 Å². The number of aryl methyl sites for hydroxylation is 1. The van der Waals surface area contributed by atoms with E-state index in [1.807, 2.05) is 0 Å². The molecular formula is C17H28N4O. The zero-order chi connectivity index (χ0) is 15.0. The Hall–Kier alpha value is -0.940. The second-order valence-electron chi connectivity index (χ2n) is 7.48. The molecular weight excluding hydrogens is 276 g/mol. The fourth-order valence-corrected chi connectivity index (χ4v) is 5.05. The summed E-state index contributed by atoms with van der Waals surface area (Å²) < 4.78 is 7.25. The molecule has 22 heavy (non-hydrogen) atoms. The zero-order valence-corrected chi connectivity index (χ0v) is 13.7. The fraction of sp³-hybridized carbons (Fsp3) is 0.882. The van der Waals surface area contributed by atoms with Gasteiger partial charge in [-0.2, -0.15) is 5.10 Å². The van der Waals surface area contributed by atoms with Gasteiger partial charge in [0.1, 0.15) is 12.4 Å². The summed E-state index contributed by atoms with van der Waals surface area (Å²) in [5.74, 6) is 1.96. The Balaban J connectivity index is 1.42. The van der Waals surface area contributed by atoms with Crippen molar-refractivity contribution in [3.63, 3.8) is 0 Å². The van der Waals surface area contributed by atoms with Crippen molar-refractivity contribution in [2.45, 2.75) is 83.0 Å². The van der Waals surface area contributed by atoms with Crippen molar-refractivity contribution >= 4 is 0 Å². The number of ether oxygens (including phenoxy) is 1. The Morgan fingerprint density at radius 3 is 2.86 bits per heavy atom. The van der Waals surface area contributed by atoms with Crippen LogP contribution in [0.15, 0.2) is 0 Å².